The smallest absolute Gasteiger partial charge is 0.415 e. The SMILES string of the molecule is C[C@]1(COc2ccc(-n3nnnc3Oc3ccc(F)cc3)cc2)Cn2cc([N+](=O)[O-])nc2O1. The number of benzene rings is 2. The minimum absolute atomic E-state index is 0.116. The zero-order chi connectivity index (χ0) is 23.0. The molecule has 0 unspecified atom stereocenters. The van der Waals surface area contributed by atoms with E-state index in [1.54, 1.807) is 28.8 Å². The quantitative estimate of drug-likeness (QED) is 0.306. The summed E-state index contributed by atoms with van der Waals surface area (Å²) in [6.07, 6.45) is 1.34. The van der Waals surface area contributed by atoms with Gasteiger partial charge in [0.1, 0.15) is 30.1 Å². The first-order valence-corrected chi connectivity index (χ1v) is 9.74. The van der Waals surface area contributed by atoms with E-state index in [0.717, 1.165) is 0 Å². The number of hydrogen-bond acceptors (Lipinski definition) is 9. The van der Waals surface area contributed by atoms with Gasteiger partial charge in [0.25, 0.3) is 0 Å². The average Bonchev–Trinajstić information content (AvgIpc) is 3.48. The molecule has 1 aliphatic heterocycles. The van der Waals surface area contributed by atoms with Gasteiger partial charge in [-0.25, -0.2) is 4.39 Å². The lowest BCUT2D eigenvalue weighted by molar-refractivity contribution is -0.389. The standard InChI is InChI=1S/C20H16FN7O5/c1-20(11-26-10-17(28(29)30)22-18(26)33-20)12-31-15-8-4-14(5-9-15)27-19(23-24-25-27)32-16-6-2-13(21)3-7-16/h2-10H,11-12H2,1H3/t20-/m1/s1. The third kappa shape index (κ3) is 4.15. The number of rotatable bonds is 7. The molecule has 2 aromatic carbocycles. The third-order valence-corrected chi connectivity index (χ3v) is 4.85. The Balaban J connectivity index is 1.23. The molecule has 5 rings (SSSR count). The Morgan fingerprint density at radius 3 is 2.61 bits per heavy atom. The van der Waals surface area contributed by atoms with Crippen molar-refractivity contribution in [3.8, 4) is 29.2 Å². The summed E-state index contributed by atoms with van der Waals surface area (Å²) in [5.41, 5.74) is -0.0949. The van der Waals surface area contributed by atoms with Gasteiger partial charge in [-0.1, -0.05) is 5.10 Å². The first-order valence-electron chi connectivity index (χ1n) is 9.74. The molecule has 168 valence electrons. The second-order valence-corrected chi connectivity index (χ2v) is 7.53. The maximum absolute atomic E-state index is 13.1. The van der Waals surface area contributed by atoms with E-state index in [1.807, 2.05) is 6.92 Å². The first-order chi connectivity index (χ1) is 15.9. The molecule has 0 radical (unpaired) electrons. The highest BCUT2D eigenvalue weighted by Crippen LogP contribution is 2.31. The van der Waals surface area contributed by atoms with Gasteiger partial charge in [0.05, 0.1) is 12.2 Å². The Bertz CT molecular complexity index is 1280. The number of aromatic nitrogens is 6. The Kier molecular flexibility index (Phi) is 4.84. The Hall–Kier alpha value is -4.55. The molecule has 0 spiro atoms. The molecule has 12 nitrogen and oxygen atoms in total. The number of halogens is 1. The molecular weight excluding hydrogens is 437 g/mol. The van der Waals surface area contributed by atoms with Crippen molar-refractivity contribution in [1.29, 1.82) is 0 Å². The van der Waals surface area contributed by atoms with Crippen molar-refractivity contribution in [1.82, 2.24) is 29.8 Å². The van der Waals surface area contributed by atoms with Gasteiger partial charge in [0.15, 0.2) is 5.60 Å². The largest absolute Gasteiger partial charge is 0.489 e. The van der Waals surface area contributed by atoms with Crippen LogP contribution in [0.3, 0.4) is 0 Å². The summed E-state index contributed by atoms with van der Waals surface area (Å²) in [4.78, 5) is 14.1. The van der Waals surface area contributed by atoms with E-state index in [0.29, 0.717) is 23.7 Å². The average molecular weight is 453 g/mol. The van der Waals surface area contributed by atoms with Crippen LogP contribution < -0.4 is 14.2 Å². The maximum atomic E-state index is 13.1. The summed E-state index contributed by atoms with van der Waals surface area (Å²) in [5.74, 6) is 0.338. The van der Waals surface area contributed by atoms with Crippen LogP contribution in [-0.2, 0) is 6.54 Å². The van der Waals surface area contributed by atoms with E-state index in [1.165, 1.54) is 35.1 Å². The molecule has 1 atom stereocenters. The van der Waals surface area contributed by atoms with E-state index >= 15 is 0 Å². The van der Waals surface area contributed by atoms with E-state index in [-0.39, 0.29) is 30.3 Å². The zero-order valence-corrected chi connectivity index (χ0v) is 17.2. The molecule has 2 aromatic heterocycles. The number of hydrogen-bond donors (Lipinski definition) is 0. The minimum atomic E-state index is -0.720. The van der Waals surface area contributed by atoms with Crippen LogP contribution in [0.5, 0.6) is 23.5 Å². The highest BCUT2D eigenvalue weighted by Gasteiger charge is 2.41. The van der Waals surface area contributed by atoms with Gasteiger partial charge in [-0.15, -0.1) is 0 Å². The number of imidazole rings is 1. The summed E-state index contributed by atoms with van der Waals surface area (Å²) >= 11 is 0. The second kappa shape index (κ2) is 7.85. The summed E-state index contributed by atoms with van der Waals surface area (Å²) in [6, 6.07) is 12.8. The number of fused-ring (bicyclic) bond motifs is 1. The monoisotopic (exact) mass is 453 g/mol. The molecule has 0 fully saturated rings. The second-order valence-electron chi connectivity index (χ2n) is 7.53. The van der Waals surface area contributed by atoms with Gasteiger partial charge in [0, 0.05) is 4.98 Å². The van der Waals surface area contributed by atoms with Gasteiger partial charge in [0.2, 0.25) is 0 Å². The van der Waals surface area contributed by atoms with Crippen LogP contribution in [0.1, 0.15) is 6.92 Å². The normalized spacial score (nSPS) is 16.8. The Morgan fingerprint density at radius 2 is 1.91 bits per heavy atom. The summed E-state index contributed by atoms with van der Waals surface area (Å²) in [5, 5.41) is 22.2. The fraction of sp³-hybridized carbons (Fsp3) is 0.200. The van der Waals surface area contributed by atoms with Gasteiger partial charge in [-0.2, -0.15) is 4.68 Å². The molecule has 1 aliphatic rings. The van der Waals surface area contributed by atoms with Crippen LogP contribution >= 0.6 is 0 Å². The van der Waals surface area contributed by atoms with Crippen LogP contribution in [0.2, 0.25) is 0 Å². The highest BCUT2D eigenvalue weighted by atomic mass is 19.1. The zero-order valence-electron chi connectivity index (χ0n) is 17.2. The third-order valence-electron chi connectivity index (χ3n) is 4.85. The van der Waals surface area contributed by atoms with Crippen molar-refractivity contribution in [3.63, 3.8) is 0 Å². The van der Waals surface area contributed by atoms with Gasteiger partial charge >= 0.3 is 17.8 Å². The molecule has 0 amide bonds. The summed E-state index contributed by atoms with van der Waals surface area (Å²) < 4.78 is 33.3. The van der Waals surface area contributed by atoms with Gasteiger partial charge < -0.3 is 24.3 Å². The number of nitro groups is 1. The molecule has 4 aromatic rings. The first kappa shape index (κ1) is 20.4. The molecule has 0 saturated heterocycles. The van der Waals surface area contributed by atoms with Crippen molar-refractivity contribution in [2.75, 3.05) is 6.61 Å². The number of nitrogens with zero attached hydrogens (tertiary/aromatic N) is 7. The topological polar surface area (TPSA) is 132 Å². The molecular formula is C20H16FN7O5. The Morgan fingerprint density at radius 1 is 1.18 bits per heavy atom. The van der Waals surface area contributed by atoms with Crippen LogP contribution in [0.15, 0.2) is 54.7 Å². The predicted octanol–water partition coefficient (Wildman–Crippen LogP) is 2.93. The van der Waals surface area contributed by atoms with Gasteiger partial charge in [-0.05, 0) is 70.8 Å². The van der Waals surface area contributed by atoms with Gasteiger partial charge in [-0.3, -0.25) is 4.57 Å². The molecule has 13 heteroatoms. The lowest BCUT2D eigenvalue weighted by atomic mass is 10.1. The van der Waals surface area contributed by atoms with Crippen molar-refractivity contribution >= 4 is 5.82 Å². The van der Waals surface area contributed by atoms with Crippen LogP contribution in [0.25, 0.3) is 5.69 Å². The molecule has 0 N–H and O–H groups in total. The maximum Gasteiger partial charge on any atom is 0.415 e. The van der Waals surface area contributed by atoms with E-state index in [4.69, 9.17) is 14.2 Å². The molecule has 3 heterocycles. The van der Waals surface area contributed by atoms with E-state index < -0.39 is 10.5 Å². The van der Waals surface area contributed by atoms with E-state index in [9.17, 15) is 14.5 Å². The fourth-order valence-electron chi connectivity index (χ4n) is 3.29. The predicted molar refractivity (Wildman–Crippen MR) is 109 cm³/mol. The summed E-state index contributed by atoms with van der Waals surface area (Å²) in [6.45, 7) is 2.41. The van der Waals surface area contributed by atoms with Crippen LogP contribution in [-0.4, -0.2) is 46.9 Å². The van der Waals surface area contributed by atoms with Crippen molar-refractivity contribution in [2.45, 2.75) is 19.1 Å². The Labute approximate surface area is 185 Å². The van der Waals surface area contributed by atoms with Crippen molar-refractivity contribution in [3.05, 3.63) is 70.7 Å². The van der Waals surface area contributed by atoms with Crippen LogP contribution in [0, 0.1) is 15.9 Å². The number of tetrazole rings is 1. The lowest BCUT2D eigenvalue weighted by Gasteiger charge is -2.22. The van der Waals surface area contributed by atoms with E-state index in [2.05, 4.69) is 20.5 Å². The molecule has 0 aliphatic carbocycles. The molecule has 0 saturated carbocycles. The lowest BCUT2D eigenvalue weighted by Crippen LogP contribution is -2.38. The van der Waals surface area contributed by atoms with Crippen molar-refractivity contribution in [2.24, 2.45) is 0 Å². The minimum Gasteiger partial charge on any atom is -0.489 e. The van der Waals surface area contributed by atoms with Crippen molar-refractivity contribution < 1.29 is 23.5 Å². The van der Waals surface area contributed by atoms with Crippen LogP contribution in [0.4, 0.5) is 10.2 Å². The fourth-order valence-corrected chi connectivity index (χ4v) is 3.29. The molecule has 0 bridgehead atoms. The molecule has 33 heavy (non-hydrogen) atoms. The highest BCUT2D eigenvalue weighted by molar-refractivity contribution is 5.38. The summed E-state index contributed by atoms with van der Waals surface area (Å²) in [7, 11) is 0. The number of ether oxygens (including phenoxy) is 3.